The largest absolute Gasteiger partial charge is 0.371 e. The van der Waals surface area contributed by atoms with Crippen LogP contribution in [0.3, 0.4) is 0 Å². The second kappa shape index (κ2) is 7.34. The highest BCUT2D eigenvalue weighted by molar-refractivity contribution is 6.42. The van der Waals surface area contributed by atoms with Crippen molar-refractivity contribution in [2.45, 2.75) is 38.8 Å². The van der Waals surface area contributed by atoms with Crippen LogP contribution >= 0.6 is 23.2 Å². The van der Waals surface area contributed by atoms with Gasteiger partial charge in [-0.2, -0.15) is 0 Å². The number of aryl methyl sites for hydroxylation is 2. The number of fused-ring (bicyclic) bond motifs is 1. The smallest absolute Gasteiger partial charge is 0.128 e. The Morgan fingerprint density at radius 3 is 2.52 bits per heavy atom. The van der Waals surface area contributed by atoms with Crippen LogP contribution in [-0.2, 0) is 6.54 Å². The van der Waals surface area contributed by atoms with Gasteiger partial charge in [-0.25, -0.2) is 4.99 Å². The zero-order chi connectivity index (χ0) is 19.0. The first kappa shape index (κ1) is 18.6. The van der Waals surface area contributed by atoms with Crippen molar-refractivity contribution in [3.8, 4) is 0 Å². The number of anilines is 1. The second-order valence-electron chi connectivity index (χ2n) is 7.47. The summed E-state index contributed by atoms with van der Waals surface area (Å²) >= 11 is 12.2. The number of piperidine rings is 1. The average Bonchev–Trinajstić information content (AvgIpc) is 2.65. The number of rotatable bonds is 2. The number of nitrogens with one attached hydrogen (secondary N) is 3. The number of amidine groups is 1. The second-order valence-corrected chi connectivity index (χ2v) is 8.29. The van der Waals surface area contributed by atoms with Crippen molar-refractivity contribution < 1.29 is 0 Å². The maximum atomic E-state index is 6.17. The van der Waals surface area contributed by atoms with E-state index in [2.05, 4.69) is 41.9 Å². The van der Waals surface area contributed by atoms with Crippen LogP contribution in [0.4, 0.5) is 11.4 Å². The maximum absolute atomic E-state index is 6.17. The molecule has 2 aromatic rings. The normalized spacial score (nSPS) is 17.9. The lowest BCUT2D eigenvalue weighted by atomic mass is 9.84. The molecule has 0 aromatic heterocycles. The van der Waals surface area contributed by atoms with Crippen molar-refractivity contribution >= 4 is 40.4 Å². The molecule has 0 atom stereocenters. The third-order valence-electron chi connectivity index (χ3n) is 5.57. The molecule has 2 aliphatic heterocycles. The average molecular weight is 403 g/mol. The fraction of sp³-hybridized carbons (Fsp3) is 0.381. The van der Waals surface area contributed by atoms with Crippen molar-refractivity contribution in [1.82, 2.24) is 10.6 Å². The van der Waals surface area contributed by atoms with Gasteiger partial charge in [-0.1, -0.05) is 29.3 Å². The van der Waals surface area contributed by atoms with E-state index in [9.17, 15) is 0 Å². The van der Waals surface area contributed by atoms with Gasteiger partial charge in [-0.3, -0.25) is 0 Å². The standard InChI is InChI=1S/C21H24Cl2N4/c1-13-9-18-19(10-14(13)2)27-21(5-7-24-8-6-21)20(26-18)25-12-15-3-4-16(22)17(23)11-15/h3-4,9-11,24,27H,5-8,12H2,1-2H3,(H,25,26). The number of hydrogen-bond donors (Lipinski definition) is 3. The quantitative estimate of drug-likeness (QED) is 0.663. The van der Waals surface area contributed by atoms with E-state index in [4.69, 9.17) is 28.2 Å². The van der Waals surface area contributed by atoms with Crippen LogP contribution in [0.1, 0.15) is 29.5 Å². The van der Waals surface area contributed by atoms with Crippen molar-refractivity contribution in [1.29, 1.82) is 0 Å². The zero-order valence-corrected chi connectivity index (χ0v) is 17.1. The van der Waals surface area contributed by atoms with Gasteiger partial charge in [0, 0.05) is 6.54 Å². The molecule has 6 heteroatoms. The lowest BCUT2D eigenvalue weighted by Gasteiger charge is -2.43. The first-order chi connectivity index (χ1) is 13.0. The van der Waals surface area contributed by atoms with E-state index in [1.54, 1.807) is 0 Å². The van der Waals surface area contributed by atoms with Crippen molar-refractivity contribution in [2.24, 2.45) is 4.99 Å². The molecule has 0 amide bonds. The van der Waals surface area contributed by atoms with Gasteiger partial charge >= 0.3 is 0 Å². The predicted octanol–water partition coefficient (Wildman–Crippen LogP) is 4.98. The van der Waals surface area contributed by atoms with E-state index in [-0.39, 0.29) is 5.54 Å². The summed E-state index contributed by atoms with van der Waals surface area (Å²) in [5.41, 5.74) is 5.59. The van der Waals surface area contributed by atoms with Gasteiger partial charge < -0.3 is 16.0 Å². The van der Waals surface area contributed by atoms with Crippen LogP contribution in [-0.4, -0.2) is 24.5 Å². The number of aliphatic imine (C=N–C) groups is 1. The van der Waals surface area contributed by atoms with E-state index in [0.717, 1.165) is 48.7 Å². The van der Waals surface area contributed by atoms with E-state index < -0.39 is 0 Å². The highest BCUT2D eigenvalue weighted by Crippen LogP contribution is 2.38. The summed E-state index contributed by atoms with van der Waals surface area (Å²) in [7, 11) is 0. The van der Waals surface area contributed by atoms with Gasteiger partial charge in [-0.05, 0) is 80.7 Å². The van der Waals surface area contributed by atoms with Crippen LogP contribution < -0.4 is 16.0 Å². The van der Waals surface area contributed by atoms with Gasteiger partial charge in [0.2, 0.25) is 0 Å². The Kier molecular flexibility index (Phi) is 5.06. The maximum Gasteiger partial charge on any atom is 0.128 e. The first-order valence-electron chi connectivity index (χ1n) is 9.34. The molecule has 4 nitrogen and oxygen atoms in total. The molecular formula is C21H24Cl2N4. The molecule has 0 aliphatic carbocycles. The molecule has 0 bridgehead atoms. The van der Waals surface area contributed by atoms with Crippen LogP contribution in [0.15, 0.2) is 35.3 Å². The molecule has 142 valence electrons. The van der Waals surface area contributed by atoms with Gasteiger partial charge in [0.1, 0.15) is 5.84 Å². The highest BCUT2D eigenvalue weighted by atomic mass is 35.5. The Bertz CT molecular complexity index is 901. The number of nitrogens with zero attached hydrogens (tertiary/aromatic N) is 1. The zero-order valence-electron chi connectivity index (χ0n) is 15.6. The van der Waals surface area contributed by atoms with Crippen LogP contribution in [0.25, 0.3) is 0 Å². The summed E-state index contributed by atoms with van der Waals surface area (Å²) in [5, 5.41) is 12.0. The molecule has 4 rings (SSSR count). The lowest BCUT2D eigenvalue weighted by molar-refractivity contribution is 0.412. The highest BCUT2D eigenvalue weighted by Gasteiger charge is 2.40. The molecule has 27 heavy (non-hydrogen) atoms. The molecule has 2 aliphatic rings. The summed E-state index contributed by atoms with van der Waals surface area (Å²) in [6.07, 6.45) is 1.99. The molecular weight excluding hydrogens is 379 g/mol. The third kappa shape index (κ3) is 3.66. The minimum atomic E-state index is -0.157. The van der Waals surface area contributed by atoms with Gasteiger partial charge in [-0.15, -0.1) is 0 Å². The van der Waals surface area contributed by atoms with Crippen molar-refractivity contribution in [3.05, 3.63) is 57.1 Å². The number of halogens is 2. The molecule has 2 heterocycles. The molecule has 0 radical (unpaired) electrons. The van der Waals surface area contributed by atoms with E-state index >= 15 is 0 Å². The monoisotopic (exact) mass is 402 g/mol. The fourth-order valence-corrected chi connectivity index (χ4v) is 4.12. The Balaban J connectivity index is 1.66. The Labute approximate surface area is 170 Å². The predicted molar refractivity (Wildman–Crippen MR) is 115 cm³/mol. The van der Waals surface area contributed by atoms with Crippen LogP contribution in [0.5, 0.6) is 0 Å². The molecule has 1 fully saturated rings. The number of hydrogen-bond acceptors (Lipinski definition) is 4. The Morgan fingerprint density at radius 2 is 1.78 bits per heavy atom. The lowest BCUT2D eigenvalue weighted by Crippen LogP contribution is -2.58. The SMILES string of the molecule is Cc1cc2c(cc1C)NC1(CCNCC1)C(NCc1ccc(Cl)c(Cl)c1)=N2. The molecule has 2 aromatic carbocycles. The minimum Gasteiger partial charge on any atom is -0.371 e. The van der Waals surface area contributed by atoms with Crippen molar-refractivity contribution in [3.63, 3.8) is 0 Å². The topological polar surface area (TPSA) is 48.4 Å². The van der Waals surface area contributed by atoms with Gasteiger partial charge in [0.15, 0.2) is 0 Å². The molecule has 1 saturated heterocycles. The Hall–Kier alpha value is -1.75. The third-order valence-corrected chi connectivity index (χ3v) is 6.31. The Morgan fingerprint density at radius 1 is 1.04 bits per heavy atom. The molecule has 0 unspecified atom stereocenters. The van der Waals surface area contributed by atoms with Crippen molar-refractivity contribution in [2.75, 3.05) is 18.4 Å². The van der Waals surface area contributed by atoms with Crippen LogP contribution in [0, 0.1) is 13.8 Å². The van der Waals surface area contributed by atoms with Gasteiger partial charge in [0.05, 0.1) is 27.0 Å². The summed E-state index contributed by atoms with van der Waals surface area (Å²) in [5.74, 6) is 1.01. The van der Waals surface area contributed by atoms with Gasteiger partial charge in [0.25, 0.3) is 0 Å². The van der Waals surface area contributed by atoms with E-state index in [1.807, 2.05) is 18.2 Å². The summed E-state index contributed by atoms with van der Waals surface area (Å²) < 4.78 is 0. The van der Waals surface area contributed by atoms with E-state index in [0.29, 0.717) is 16.6 Å². The minimum absolute atomic E-state index is 0.157. The van der Waals surface area contributed by atoms with E-state index in [1.165, 1.54) is 11.1 Å². The fourth-order valence-electron chi connectivity index (χ4n) is 3.80. The summed E-state index contributed by atoms with van der Waals surface area (Å²) in [6.45, 7) is 6.88. The molecule has 1 spiro atoms. The first-order valence-corrected chi connectivity index (χ1v) is 10.1. The summed E-state index contributed by atoms with van der Waals surface area (Å²) in [6, 6.07) is 10.1. The number of benzene rings is 2. The molecule has 3 N–H and O–H groups in total. The summed E-state index contributed by atoms with van der Waals surface area (Å²) in [4.78, 5) is 5.04. The molecule has 0 saturated carbocycles. The van der Waals surface area contributed by atoms with Crippen LogP contribution in [0.2, 0.25) is 10.0 Å².